The number of anilines is 1. The first kappa shape index (κ1) is 18.6. The SMILES string of the molecule is Cc1ccc(-n2nnnc2NCc2ccccc2CN2CCCCC2C)cc1. The number of aromatic nitrogens is 4. The molecule has 0 bridgehead atoms. The van der Waals surface area contributed by atoms with Crippen molar-refractivity contribution in [2.45, 2.75) is 52.2 Å². The van der Waals surface area contributed by atoms with E-state index in [4.69, 9.17) is 0 Å². The Hall–Kier alpha value is -2.73. The topological polar surface area (TPSA) is 58.9 Å². The van der Waals surface area contributed by atoms with Crippen molar-refractivity contribution in [2.75, 3.05) is 11.9 Å². The number of aryl methyl sites for hydroxylation is 1. The van der Waals surface area contributed by atoms with Gasteiger partial charge >= 0.3 is 0 Å². The lowest BCUT2D eigenvalue weighted by atomic mass is 10.0. The van der Waals surface area contributed by atoms with Gasteiger partial charge in [0.1, 0.15) is 0 Å². The number of piperidine rings is 1. The van der Waals surface area contributed by atoms with E-state index in [0.717, 1.165) is 12.2 Å². The molecule has 2 aromatic carbocycles. The molecule has 0 amide bonds. The molecule has 6 heteroatoms. The van der Waals surface area contributed by atoms with E-state index in [0.29, 0.717) is 18.5 Å². The average Bonchev–Trinajstić information content (AvgIpc) is 3.18. The van der Waals surface area contributed by atoms with Crippen LogP contribution in [0.5, 0.6) is 0 Å². The highest BCUT2D eigenvalue weighted by Gasteiger charge is 2.19. The van der Waals surface area contributed by atoms with Gasteiger partial charge in [0.05, 0.1) is 5.69 Å². The molecular formula is C22H28N6. The van der Waals surface area contributed by atoms with E-state index >= 15 is 0 Å². The second-order valence-corrected chi connectivity index (χ2v) is 7.69. The molecule has 1 atom stereocenters. The summed E-state index contributed by atoms with van der Waals surface area (Å²) in [6, 6.07) is 17.5. The first-order valence-electron chi connectivity index (χ1n) is 10.1. The molecule has 28 heavy (non-hydrogen) atoms. The monoisotopic (exact) mass is 376 g/mol. The highest BCUT2D eigenvalue weighted by Crippen LogP contribution is 2.21. The first-order valence-corrected chi connectivity index (χ1v) is 10.1. The normalized spacial score (nSPS) is 17.6. The molecule has 0 aliphatic carbocycles. The molecule has 6 nitrogen and oxygen atoms in total. The summed E-state index contributed by atoms with van der Waals surface area (Å²) in [5.41, 5.74) is 4.83. The quantitative estimate of drug-likeness (QED) is 0.706. The summed E-state index contributed by atoms with van der Waals surface area (Å²) in [4.78, 5) is 2.60. The summed E-state index contributed by atoms with van der Waals surface area (Å²) in [6.45, 7) is 7.31. The number of nitrogens with one attached hydrogen (secondary N) is 1. The van der Waals surface area contributed by atoms with Gasteiger partial charge in [0, 0.05) is 19.1 Å². The van der Waals surface area contributed by atoms with Crippen molar-refractivity contribution < 1.29 is 0 Å². The Kier molecular flexibility index (Phi) is 5.67. The van der Waals surface area contributed by atoms with Crippen LogP contribution >= 0.6 is 0 Å². The highest BCUT2D eigenvalue weighted by molar-refractivity contribution is 5.41. The van der Waals surface area contributed by atoms with Gasteiger partial charge in [0.2, 0.25) is 5.95 Å². The molecule has 1 N–H and O–H groups in total. The number of benzene rings is 2. The minimum atomic E-state index is 0.656. The number of nitrogens with zero attached hydrogens (tertiary/aromatic N) is 5. The molecule has 2 heterocycles. The highest BCUT2D eigenvalue weighted by atomic mass is 15.6. The molecule has 4 rings (SSSR count). The second-order valence-electron chi connectivity index (χ2n) is 7.69. The Morgan fingerprint density at radius 1 is 1.04 bits per heavy atom. The maximum absolute atomic E-state index is 4.17. The summed E-state index contributed by atoms with van der Waals surface area (Å²) in [6.07, 6.45) is 3.95. The van der Waals surface area contributed by atoms with E-state index < -0.39 is 0 Å². The summed E-state index contributed by atoms with van der Waals surface area (Å²) >= 11 is 0. The van der Waals surface area contributed by atoms with Crippen LogP contribution in [0.25, 0.3) is 5.69 Å². The van der Waals surface area contributed by atoms with Gasteiger partial charge in [-0.1, -0.05) is 53.5 Å². The van der Waals surface area contributed by atoms with Crippen LogP contribution in [0.3, 0.4) is 0 Å². The zero-order chi connectivity index (χ0) is 19.3. The summed E-state index contributed by atoms with van der Waals surface area (Å²) in [5, 5.41) is 15.6. The molecule has 146 valence electrons. The maximum atomic E-state index is 4.17. The van der Waals surface area contributed by atoms with Gasteiger partial charge < -0.3 is 5.32 Å². The van der Waals surface area contributed by atoms with Gasteiger partial charge in [-0.05, 0) is 66.9 Å². The van der Waals surface area contributed by atoms with Gasteiger partial charge in [-0.15, -0.1) is 0 Å². The van der Waals surface area contributed by atoms with Crippen LogP contribution in [0.15, 0.2) is 48.5 Å². The van der Waals surface area contributed by atoms with Crippen LogP contribution in [0, 0.1) is 6.92 Å². The summed E-state index contributed by atoms with van der Waals surface area (Å²) < 4.78 is 1.74. The second kappa shape index (κ2) is 8.52. The fourth-order valence-electron chi connectivity index (χ4n) is 3.83. The molecule has 1 unspecified atom stereocenters. The van der Waals surface area contributed by atoms with Crippen molar-refractivity contribution in [3.05, 3.63) is 65.2 Å². The van der Waals surface area contributed by atoms with E-state index in [1.165, 1.54) is 42.5 Å². The van der Waals surface area contributed by atoms with Crippen molar-refractivity contribution in [3.63, 3.8) is 0 Å². The Morgan fingerprint density at radius 3 is 2.61 bits per heavy atom. The summed E-state index contributed by atoms with van der Waals surface area (Å²) in [5.74, 6) is 0.657. The molecule has 1 saturated heterocycles. The van der Waals surface area contributed by atoms with E-state index in [1.807, 2.05) is 12.1 Å². The third kappa shape index (κ3) is 4.22. The van der Waals surface area contributed by atoms with E-state index in [1.54, 1.807) is 4.68 Å². The molecule has 0 radical (unpaired) electrons. The van der Waals surface area contributed by atoms with Crippen LogP contribution in [-0.4, -0.2) is 37.7 Å². The maximum Gasteiger partial charge on any atom is 0.248 e. The molecule has 1 fully saturated rings. The zero-order valence-electron chi connectivity index (χ0n) is 16.7. The molecule has 1 aromatic heterocycles. The Labute approximate surface area is 166 Å². The van der Waals surface area contributed by atoms with Gasteiger partial charge in [-0.25, -0.2) is 0 Å². The Bertz CT molecular complexity index is 901. The van der Waals surface area contributed by atoms with Crippen LogP contribution in [0.1, 0.15) is 42.9 Å². The number of likely N-dealkylation sites (tertiary alicyclic amines) is 1. The smallest absolute Gasteiger partial charge is 0.248 e. The molecule has 1 aliphatic heterocycles. The van der Waals surface area contributed by atoms with Crippen molar-refractivity contribution in [1.29, 1.82) is 0 Å². The third-order valence-corrected chi connectivity index (χ3v) is 5.62. The molecule has 0 spiro atoms. The van der Waals surface area contributed by atoms with Crippen molar-refractivity contribution in [3.8, 4) is 5.69 Å². The predicted octanol–water partition coefficient (Wildman–Crippen LogP) is 3.96. The Balaban J connectivity index is 1.47. The van der Waals surface area contributed by atoms with E-state index in [2.05, 4.69) is 76.0 Å². The standard InChI is InChI=1S/C22H28N6/c1-17-10-12-21(13-11-17)28-22(24-25-26-28)23-15-19-8-3-4-9-20(19)16-27-14-6-5-7-18(27)2/h3-4,8-13,18H,5-7,14-16H2,1-2H3,(H,23,24,26). The molecule has 3 aromatic rings. The third-order valence-electron chi connectivity index (χ3n) is 5.62. The van der Waals surface area contributed by atoms with Gasteiger partial charge in [-0.3, -0.25) is 4.90 Å². The first-order chi connectivity index (χ1) is 13.7. The molecule has 1 aliphatic rings. The minimum Gasteiger partial charge on any atom is -0.349 e. The lowest BCUT2D eigenvalue weighted by molar-refractivity contribution is 0.152. The van der Waals surface area contributed by atoms with E-state index in [-0.39, 0.29) is 0 Å². The number of tetrazole rings is 1. The number of hydrogen-bond acceptors (Lipinski definition) is 5. The van der Waals surface area contributed by atoms with Crippen LogP contribution < -0.4 is 5.32 Å². The van der Waals surface area contributed by atoms with Gasteiger partial charge in [0.25, 0.3) is 0 Å². The predicted molar refractivity (Wildman–Crippen MR) is 111 cm³/mol. The number of hydrogen-bond donors (Lipinski definition) is 1. The van der Waals surface area contributed by atoms with Crippen LogP contribution in [0.2, 0.25) is 0 Å². The Morgan fingerprint density at radius 2 is 1.82 bits per heavy atom. The fourth-order valence-corrected chi connectivity index (χ4v) is 3.83. The zero-order valence-corrected chi connectivity index (χ0v) is 16.7. The lowest BCUT2D eigenvalue weighted by Gasteiger charge is -2.33. The van der Waals surface area contributed by atoms with E-state index in [9.17, 15) is 0 Å². The molecule has 0 saturated carbocycles. The van der Waals surface area contributed by atoms with Crippen molar-refractivity contribution >= 4 is 5.95 Å². The minimum absolute atomic E-state index is 0.656. The van der Waals surface area contributed by atoms with Gasteiger partial charge in [-0.2, -0.15) is 4.68 Å². The largest absolute Gasteiger partial charge is 0.349 e. The molecular weight excluding hydrogens is 348 g/mol. The van der Waals surface area contributed by atoms with Crippen LogP contribution in [-0.2, 0) is 13.1 Å². The van der Waals surface area contributed by atoms with Crippen molar-refractivity contribution in [2.24, 2.45) is 0 Å². The fraction of sp³-hybridized carbons (Fsp3) is 0.409. The summed E-state index contributed by atoms with van der Waals surface area (Å²) in [7, 11) is 0. The average molecular weight is 377 g/mol. The van der Waals surface area contributed by atoms with Crippen LogP contribution in [0.4, 0.5) is 5.95 Å². The van der Waals surface area contributed by atoms with Gasteiger partial charge in [0.15, 0.2) is 0 Å². The van der Waals surface area contributed by atoms with Crippen molar-refractivity contribution in [1.82, 2.24) is 25.1 Å². The number of rotatable bonds is 6. The lowest BCUT2D eigenvalue weighted by Crippen LogP contribution is -2.37.